The van der Waals surface area contributed by atoms with Gasteiger partial charge in [0.05, 0.1) is 20.2 Å². The molecule has 1 atom stereocenters. The first-order valence-corrected chi connectivity index (χ1v) is 8.91. The van der Waals surface area contributed by atoms with Gasteiger partial charge in [-0.05, 0) is 24.3 Å². The summed E-state index contributed by atoms with van der Waals surface area (Å²) in [5.41, 5.74) is 6.72. The van der Waals surface area contributed by atoms with Crippen LogP contribution in [-0.4, -0.2) is 70.1 Å². The topological polar surface area (TPSA) is 111 Å². The van der Waals surface area contributed by atoms with E-state index in [1.54, 1.807) is 41.1 Å². The van der Waals surface area contributed by atoms with Gasteiger partial charge >= 0.3 is 0 Å². The van der Waals surface area contributed by atoms with Crippen LogP contribution < -0.4 is 10.5 Å². The standard InChI is InChI=1S/C19H23N5O4/c1-13(25)24-9-8-22(12-16(24)18(20)26)19(27)14-4-5-17(28-2)15(10-14)11-23-7-3-6-21-23/h3-7,10,16H,8-9,11-12H2,1-2H3,(H2,20,26)/t16-/m0/s1. The minimum atomic E-state index is -0.822. The lowest BCUT2D eigenvalue weighted by atomic mass is 10.1. The van der Waals surface area contributed by atoms with Gasteiger partial charge in [0.15, 0.2) is 0 Å². The van der Waals surface area contributed by atoms with Crippen molar-refractivity contribution in [1.82, 2.24) is 19.6 Å². The van der Waals surface area contributed by atoms with Crippen LogP contribution in [0.2, 0.25) is 0 Å². The van der Waals surface area contributed by atoms with Crippen molar-refractivity contribution in [2.24, 2.45) is 5.73 Å². The molecule has 0 spiro atoms. The second-order valence-corrected chi connectivity index (χ2v) is 6.61. The number of hydrogen-bond acceptors (Lipinski definition) is 5. The Kier molecular flexibility index (Phi) is 5.62. The van der Waals surface area contributed by atoms with E-state index in [1.165, 1.54) is 11.8 Å². The van der Waals surface area contributed by atoms with Gasteiger partial charge in [-0.3, -0.25) is 19.1 Å². The Bertz CT molecular complexity index is 880. The molecule has 0 aliphatic carbocycles. The van der Waals surface area contributed by atoms with Crippen molar-refractivity contribution in [3.63, 3.8) is 0 Å². The SMILES string of the molecule is COc1ccc(C(=O)N2CCN(C(C)=O)[C@H](C(N)=O)C2)cc1Cn1cccn1. The number of carbonyl (C=O) groups excluding carboxylic acids is 3. The summed E-state index contributed by atoms with van der Waals surface area (Å²) in [6.07, 6.45) is 3.51. The number of nitrogens with two attached hydrogens (primary N) is 1. The highest BCUT2D eigenvalue weighted by molar-refractivity contribution is 5.96. The molecule has 148 valence electrons. The number of nitrogens with zero attached hydrogens (tertiary/aromatic N) is 4. The number of ether oxygens (including phenoxy) is 1. The van der Waals surface area contributed by atoms with Crippen molar-refractivity contribution < 1.29 is 19.1 Å². The molecule has 2 heterocycles. The highest BCUT2D eigenvalue weighted by atomic mass is 16.5. The minimum Gasteiger partial charge on any atom is -0.496 e. The highest BCUT2D eigenvalue weighted by Gasteiger charge is 2.34. The van der Waals surface area contributed by atoms with Gasteiger partial charge in [-0.15, -0.1) is 0 Å². The summed E-state index contributed by atoms with van der Waals surface area (Å²) < 4.78 is 7.13. The monoisotopic (exact) mass is 385 g/mol. The van der Waals surface area contributed by atoms with Crippen LogP contribution in [0.15, 0.2) is 36.7 Å². The third-order valence-corrected chi connectivity index (χ3v) is 4.82. The van der Waals surface area contributed by atoms with E-state index in [2.05, 4.69) is 5.10 Å². The number of carbonyl (C=O) groups is 3. The van der Waals surface area contributed by atoms with E-state index in [0.717, 1.165) is 5.56 Å². The van der Waals surface area contributed by atoms with E-state index < -0.39 is 11.9 Å². The molecule has 0 unspecified atom stereocenters. The molecule has 1 saturated heterocycles. The van der Waals surface area contributed by atoms with Crippen LogP contribution in [0.1, 0.15) is 22.8 Å². The van der Waals surface area contributed by atoms with Gasteiger partial charge in [-0.25, -0.2) is 0 Å². The molecule has 0 bridgehead atoms. The molecule has 2 aromatic rings. The number of hydrogen-bond donors (Lipinski definition) is 1. The van der Waals surface area contributed by atoms with Gasteiger partial charge in [0.1, 0.15) is 11.8 Å². The Morgan fingerprint density at radius 3 is 2.68 bits per heavy atom. The van der Waals surface area contributed by atoms with Crippen LogP contribution in [0.4, 0.5) is 0 Å². The first kappa shape index (κ1) is 19.4. The number of methoxy groups -OCH3 is 1. The average Bonchev–Trinajstić information content (AvgIpc) is 3.19. The molecule has 3 rings (SSSR count). The zero-order valence-electron chi connectivity index (χ0n) is 15.9. The summed E-state index contributed by atoms with van der Waals surface area (Å²) >= 11 is 0. The van der Waals surface area contributed by atoms with E-state index in [9.17, 15) is 14.4 Å². The van der Waals surface area contributed by atoms with Crippen LogP contribution in [0.5, 0.6) is 5.75 Å². The lowest BCUT2D eigenvalue weighted by Gasteiger charge is -2.39. The largest absolute Gasteiger partial charge is 0.496 e. The minimum absolute atomic E-state index is 0.0776. The summed E-state index contributed by atoms with van der Waals surface area (Å²) in [5, 5.41) is 4.18. The molecule has 1 aliphatic rings. The number of aromatic nitrogens is 2. The fourth-order valence-corrected chi connectivity index (χ4v) is 3.37. The van der Waals surface area contributed by atoms with Crippen molar-refractivity contribution in [3.8, 4) is 5.75 Å². The van der Waals surface area contributed by atoms with E-state index in [-0.39, 0.29) is 24.9 Å². The molecule has 2 N–H and O–H groups in total. The normalized spacial score (nSPS) is 16.7. The number of amides is 3. The molecule has 1 aromatic heterocycles. The number of primary amides is 1. The van der Waals surface area contributed by atoms with Crippen molar-refractivity contribution in [1.29, 1.82) is 0 Å². The lowest BCUT2D eigenvalue weighted by molar-refractivity contribution is -0.140. The Hall–Kier alpha value is -3.36. The smallest absolute Gasteiger partial charge is 0.254 e. The van der Waals surface area contributed by atoms with E-state index in [0.29, 0.717) is 24.4 Å². The van der Waals surface area contributed by atoms with Gasteiger partial charge < -0.3 is 20.3 Å². The lowest BCUT2D eigenvalue weighted by Crippen LogP contribution is -2.60. The van der Waals surface area contributed by atoms with Crippen LogP contribution in [0.25, 0.3) is 0 Å². The van der Waals surface area contributed by atoms with E-state index in [4.69, 9.17) is 10.5 Å². The molecular formula is C19H23N5O4. The molecule has 1 aliphatic heterocycles. The van der Waals surface area contributed by atoms with Crippen molar-refractivity contribution in [2.45, 2.75) is 19.5 Å². The Balaban J connectivity index is 1.82. The fourth-order valence-electron chi connectivity index (χ4n) is 3.37. The Morgan fingerprint density at radius 1 is 1.29 bits per heavy atom. The summed E-state index contributed by atoms with van der Waals surface area (Å²) in [7, 11) is 1.57. The van der Waals surface area contributed by atoms with Gasteiger partial charge in [0, 0.05) is 43.5 Å². The summed E-state index contributed by atoms with van der Waals surface area (Å²) in [6.45, 7) is 2.53. The number of benzene rings is 1. The predicted octanol–water partition coefficient (Wildman–Crippen LogP) is 0.0982. The second-order valence-electron chi connectivity index (χ2n) is 6.61. The van der Waals surface area contributed by atoms with Crippen LogP contribution in [-0.2, 0) is 16.1 Å². The summed E-state index contributed by atoms with van der Waals surface area (Å²) in [5.74, 6) is -0.425. The maximum atomic E-state index is 13.0. The van der Waals surface area contributed by atoms with Crippen molar-refractivity contribution in [2.75, 3.05) is 26.7 Å². The van der Waals surface area contributed by atoms with E-state index >= 15 is 0 Å². The quantitative estimate of drug-likeness (QED) is 0.785. The van der Waals surface area contributed by atoms with Gasteiger partial charge in [0.2, 0.25) is 11.8 Å². The van der Waals surface area contributed by atoms with Gasteiger partial charge in [0.25, 0.3) is 5.91 Å². The first-order valence-electron chi connectivity index (χ1n) is 8.91. The molecule has 3 amide bonds. The van der Waals surface area contributed by atoms with Crippen molar-refractivity contribution in [3.05, 3.63) is 47.8 Å². The third kappa shape index (κ3) is 3.98. The molecule has 1 aromatic carbocycles. The maximum absolute atomic E-state index is 13.0. The molecule has 9 nitrogen and oxygen atoms in total. The van der Waals surface area contributed by atoms with Crippen LogP contribution >= 0.6 is 0 Å². The second kappa shape index (κ2) is 8.12. The molecule has 0 saturated carbocycles. The predicted molar refractivity (Wildman–Crippen MR) is 101 cm³/mol. The zero-order chi connectivity index (χ0) is 20.3. The first-order chi connectivity index (χ1) is 13.4. The van der Waals surface area contributed by atoms with Crippen LogP contribution in [0, 0.1) is 0 Å². The van der Waals surface area contributed by atoms with Gasteiger partial charge in [-0.1, -0.05) is 0 Å². The number of piperazine rings is 1. The van der Waals surface area contributed by atoms with Gasteiger partial charge in [-0.2, -0.15) is 5.10 Å². The van der Waals surface area contributed by atoms with Crippen molar-refractivity contribution >= 4 is 17.7 Å². The highest BCUT2D eigenvalue weighted by Crippen LogP contribution is 2.23. The average molecular weight is 385 g/mol. The summed E-state index contributed by atoms with van der Waals surface area (Å²) in [6, 6.07) is 6.18. The molecular weight excluding hydrogens is 362 g/mol. The van der Waals surface area contributed by atoms with E-state index in [1.807, 2.05) is 12.3 Å². The molecule has 9 heteroatoms. The maximum Gasteiger partial charge on any atom is 0.254 e. The third-order valence-electron chi connectivity index (χ3n) is 4.82. The molecule has 1 fully saturated rings. The zero-order valence-corrected chi connectivity index (χ0v) is 15.9. The number of rotatable bonds is 5. The fraction of sp³-hybridized carbons (Fsp3) is 0.368. The summed E-state index contributed by atoms with van der Waals surface area (Å²) in [4.78, 5) is 39.4. The Labute approximate surface area is 162 Å². The van der Waals surface area contributed by atoms with Crippen LogP contribution in [0.3, 0.4) is 0 Å². The molecule has 28 heavy (non-hydrogen) atoms. The Morgan fingerprint density at radius 2 is 2.07 bits per heavy atom. The molecule has 0 radical (unpaired) electrons.